The van der Waals surface area contributed by atoms with Crippen LogP contribution in [-0.4, -0.2) is 40.2 Å². The lowest BCUT2D eigenvalue weighted by Crippen LogP contribution is -2.23. The molecule has 29 heavy (non-hydrogen) atoms. The van der Waals surface area contributed by atoms with Crippen molar-refractivity contribution < 1.29 is 18.7 Å². The Hall–Kier alpha value is -2.75. The van der Waals surface area contributed by atoms with E-state index in [0.717, 1.165) is 43.5 Å². The van der Waals surface area contributed by atoms with Crippen LogP contribution >= 0.6 is 11.3 Å². The number of nitrogens with one attached hydrogen (secondary N) is 1. The molecule has 3 aromatic heterocycles. The zero-order valence-electron chi connectivity index (χ0n) is 15.5. The Morgan fingerprint density at radius 1 is 1.28 bits per heavy atom. The largest absolute Gasteiger partial charge is 0.381 e. The summed E-state index contributed by atoms with van der Waals surface area (Å²) < 4.78 is 24.3. The van der Waals surface area contributed by atoms with E-state index < -0.39 is 11.7 Å². The first-order valence-corrected chi connectivity index (χ1v) is 10.1. The number of amides is 1. The van der Waals surface area contributed by atoms with Crippen LogP contribution in [0.4, 0.5) is 9.52 Å². The summed E-state index contributed by atoms with van der Waals surface area (Å²) in [6.07, 6.45) is 4.66. The zero-order chi connectivity index (χ0) is 20.1. The number of anilines is 1. The van der Waals surface area contributed by atoms with E-state index in [-0.39, 0.29) is 11.8 Å². The van der Waals surface area contributed by atoms with Crippen molar-refractivity contribution in [3.63, 3.8) is 0 Å². The summed E-state index contributed by atoms with van der Waals surface area (Å²) in [5, 5.41) is 4.97. The molecule has 0 aliphatic carbocycles. The quantitative estimate of drug-likeness (QED) is 0.662. The van der Waals surface area contributed by atoms with E-state index in [0.29, 0.717) is 17.4 Å². The Balaban J connectivity index is 1.44. The molecule has 4 heterocycles. The summed E-state index contributed by atoms with van der Waals surface area (Å²) >= 11 is 1.30. The maximum Gasteiger partial charge on any atom is 0.276 e. The molecule has 9 heteroatoms. The van der Waals surface area contributed by atoms with Gasteiger partial charge in [-0.25, -0.2) is 14.4 Å². The number of pyridine rings is 2. The molecule has 1 saturated heterocycles. The SMILES string of the molecule is O=C(Nc1nc(-c2cccnc2COC2CCOCC2)cs1)c1ccc(F)cn1. The molecule has 0 spiro atoms. The summed E-state index contributed by atoms with van der Waals surface area (Å²) in [5.74, 6) is -0.940. The van der Waals surface area contributed by atoms with E-state index in [9.17, 15) is 9.18 Å². The van der Waals surface area contributed by atoms with Crippen LogP contribution in [0.15, 0.2) is 42.0 Å². The molecule has 1 fully saturated rings. The lowest BCUT2D eigenvalue weighted by atomic mass is 10.1. The van der Waals surface area contributed by atoms with E-state index in [2.05, 4.69) is 20.3 Å². The molecule has 150 valence electrons. The van der Waals surface area contributed by atoms with Gasteiger partial charge in [-0.1, -0.05) is 0 Å². The van der Waals surface area contributed by atoms with Gasteiger partial charge in [-0.05, 0) is 37.1 Å². The molecule has 0 aromatic carbocycles. The average molecular weight is 414 g/mol. The minimum absolute atomic E-state index is 0.120. The highest BCUT2D eigenvalue weighted by molar-refractivity contribution is 7.14. The van der Waals surface area contributed by atoms with Crippen LogP contribution in [0.3, 0.4) is 0 Å². The Labute approximate surface area is 170 Å². The van der Waals surface area contributed by atoms with E-state index in [1.807, 2.05) is 17.5 Å². The Morgan fingerprint density at radius 3 is 2.93 bits per heavy atom. The van der Waals surface area contributed by atoms with Gasteiger partial charge in [-0.2, -0.15) is 0 Å². The first-order chi connectivity index (χ1) is 14.2. The average Bonchev–Trinajstić information content (AvgIpc) is 3.22. The fourth-order valence-corrected chi connectivity index (χ4v) is 3.66. The second-order valence-electron chi connectivity index (χ2n) is 6.47. The molecule has 0 radical (unpaired) electrons. The molecule has 0 atom stereocenters. The van der Waals surface area contributed by atoms with Crippen molar-refractivity contribution in [2.24, 2.45) is 0 Å². The maximum atomic E-state index is 13.0. The van der Waals surface area contributed by atoms with Crippen molar-refractivity contribution in [2.75, 3.05) is 18.5 Å². The van der Waals surface area contributed by atoms with Crippen molar-refractivity contribution in [1.82, 2.24) is 15.0 Å². The minimum atomic E-state index is -0.495. The van der Waals surface area contributed by atoms with Crippen LogP contribution in [0.1, 0.15) is 29.0 Å². The van der Waals surface area contributed by atoms with Crippen molar-refractivity contribution in [3.8, 4) is 11.3 Å². The first-order valence-electron chi connectivity index (χ1n) is 9.21. The van der Waals surface area contributed by atoms with Crippen LogP contribution in [0.2, 0.25) is 0 Å². The number of rotatable bonds is 6. The third-order valence-corrected chi connectivity index (χ3v) is 5.23. The second-order valence-corrected chi connectivity index (χ2v) is 7.33. The number of carbonyl (C=O) groups excluding carboxylic acids is 1. The molecule has 0 bridgehead atoms. The Bertz CT molecular complexity index is 974. The van der Waals surface area contributed by atoms with Crippen LogP contribution in [0.25, 0.3) is 11.3 Å². The van der Waals surface area contributed by atoms with Gasteiger partial charge >= 0.3 is 0 Å². The first kappa shape index (κ1) is 19.6. The Morgan fingerprint density at radius 2 is 2.14 bits per heavy atom. The monoisotopic (exact) mass is 414 g/mol. The van der Waals surface area contributed by atoms with Crippen LogP contribution in [0.5, 0.6) is 0 Å². The number of hydrogen-bond donors (Lipinski definition) is 1. The second kappa shape index (κ2) is 9.17. The van der Waals surface area contributed by atoms with Gasteiger partial charge in [-0.3, -0.25) is 15.1 Å². The van der Waals surface area contributed by atoms with Crippen molar-refractivity contribution in [2.45, 2.75) is 25.6 Å². The van der Waals surface area contributed by atoms with E-state index in [1.54, 1.807) is 6.20 Å². The molecule has 1 N–H and O–H groups in total. The molecular weight excluding hydrogens is 395 g/mol. The number of hydrogen-bond acceptors (Lipinski definition) is 7. The molecule has 0 unspecified atom stereocenters. The zero-order valence-corrected chi connectivity index (χ0v) is 16.3. The molecule has 7 nitrogen and oxygen atoms in total. The van der Waals surface area contributed by atoms with Gasteiger partial charge in [0.1, 0.15) is 11.5 Å². The summed E-state index contributed by atoms with van der Waals surface area (Å²) in [5.41, 5.74) is 2.48. The van der Waals surface area contributed by atoms with Crippen molar-refractivity contribution in [1.29, 1.82) is 0 Å². The number of thiazole rings is 1. The van der Waals surface area contributed by atoms with Gasteiger partial charge in [0, 0.05) is 30.4 Å². The summed E-state index contributed by atoms with van der Waals surface area (Å²) in [6, 6.07) is 6.28. The van der Waals surface area contributed by atoms with Gasteiger partial charge in [0.2, 0.25) is 0 Å². The fraction of sp³-hybridized carbons (Fsp3) is 0.300. The number of carbonyl (C=O) groups is 1. The highest BCUT2D eigenvalue weighted by Gasteiger charge is 2.17. The van der Waals surface area contributed by atoms with Crippen LogP contribution in [0, 0.1) is 5.82 Å². The van der Waals surface area contributed by atoms with Crippen molar-refractivity contribution >= 4 is 22.4 Å². The smallest absolute Gasteiger partial charge is 0.276 e. The third kappa shape index (κ3) is 5.00. The summed E-state index contributed by atoms with van der Waals surface area (Å²) in [4.78, 5) is 24.9. The molecule has 1 aliphatic rings. The van der Waals surface area contributed by atoms with Gasteiger partial charge < -0.3 is 9.47 Å². The standard InChI is InChI=1S/C20H19FN4O3S/c21-13-3-4-16(23-10-13)19(26)25-20-24-18(12-29-20)15-2-1-7-22-17(15)11-28-14-5-8-27-9-6-14/h1-4,7,10,12,14H,5-6,8-9,11H2,(H,24,25,26). The molecule has 4 rings (SSSR count). The molecule has 3 aromatic rings. The molecule has 1 aliphatic heterocycles. The van der Waals surface area contributed by atoms with Crippen LogP contribution < -0.4 is 5.32 Å². The normalized spacial score (nSPS) is 14.7. The summed E-state index contributed by atoms with van der Waals surface area (Å²) in [6.45, 7) is 1.83. The molecule has 1 amide bonds. The van der Waals surface area contributed by atoms with Gasteiger partial charge in [0.05, 0.1) is 30.3 Å². The lowest BCUT2D eigenvalue weighted by molar-refractivity contribution is -0.0398. The Kier molecular flexibility index (Phi) is 6.18. The summed E-state index contributed by atoms with van der Waals surface area (Å²) in [7, 11) is 0. The molecular formula is C20H19FN4O3S. The predicted octanol–water partition coefficient (Wildman–Crippen LogP) is 3.69. The topological polar surface area (TPSA) is 86.2 Å². The number of ether oxygens (including phenoxy) is 2. The highest BCUT2D eigenvalue weighted by atomic mass is 32.1. The minimum Gasteiger partial charge on any atom is -0.381 e. The number of nitrogens with zero attached hydrogens (tertiary/aromatic N) is 3. The van der Waals surface area contributed by atoms with E-state index >= 15 is 0 Å². The van der Waals surface area contributed by atoms with E-state index in [4.69, 9.17) is 9.47 Å². The number of halogens is 1. The van der Waals surface area contributed by atoms with Crippen LogP contribution in [-0.2, 0) is 16.1 Å². The van der Waals surface area contributed by atoms with Crippen molar-refractivity contribution in [3.05, 3.63) is 59.2 Å². The molecule has 0 saturated carbocycles. The lowest BCUT2D eigenvalue weighted by Gasteiger charge is -2.22. The number of aromatic nitrogens is 3. The predicted molar refractivity (Wildman–Crippen MR) is 106 cm³/mol. The van der Waals surface area contributed by atoms with Gasteiger partial charge in [-0.15, -0.1) is 11.3 Å². The van der Waals surface area contributed by atoms with Gasteiger partial charge in [0.15, 0.2) is 5.13 Å². The maximum absolute atomic E-state index is 13.0. The fourth-order valence-electron chi connectivity index (χ4n) is 2.95. The van der Waals surface area contributed by atoms with Gasteiger partial charge in [0.25, 0.3) is 5.91 Å². The van der Waals surface area contributed by atoms with E-state index in [1.165, 1.54) is 23.5 Å². The third-order valence-electron chi connectivity index (χ3n) is 4.47. The highest BCUT2D eigenvalue weighted by Crippen LogP contribution is 2.28.